The number of carbonyl (C=O) groups excluding carboxylic acids is 1. The first-order chi connectivity index (χ1) is 17.9. The summed E-state index contributed by atoms with van der Waals surface area (Å²) < 4.78 is 33.1. The number of carbonyl (C=O) groups is 1. The Bertz CT molecular complexity index is 1250. The van der Waals surface area contributed by atoms with Crippen molar-refractivity contribution in [3.8, 4) is 22.9 Å². The number of ether oxygens (including phenoxy) is 3. The smallest absolute Gasteiger partial charge is 0.217 e. The summed E-state index contributed by atoms with van der Waals surface area (Å²) in [6.07, 6.45) is 3.41. The Morgan fingerprint density at radius 3 is 2.73 bits per heavy atom. The number of morpholine rings is 1. The molecule has 0 spiro atoms. The molecule has 3 heterocycles. The van der Waals surface area contributed by atoms with E-state index in [4.69, 9.17) is 19.2 Å². The molecule has 0 aliphatic carbocycles. The summed E-state index contributed by atoms with van der Waals surface area (Å²) in [5, 5.41) is 2.93. The molecule has 3 atom stereocenters. The lowest BCUT2D eigenvalue weighted by Gasteiger charge is -2.34. The summed E-state index contributed by atoms with van der Waals surface area (Å²) in [6, 6.07) is 11.6. The summed E-state index contributed by atoms with van der Waals surface area (Å²) in [4.78, 5) is 19.1. The van der Waals surface area contributed by atoms with Crippen molar-refractivity contribution in [1.29, 1.82) is 0 Å². The SMILES string of the molecule is COc1cc(-c2nc3cc(OCCCN4[C@@H]5CC[C@H]4COC5)ccc3n2CC(C)NC(C)=O)ccc1F. The third kappa shape index (κ3) is 5.57. The van der Waals surface area contributed by atoms with Crippen LogP contribution in [0.4, 0.5) is 4.39 Å². The van der Waals surface area contributed by atoms with Gasteiger partial charge in [-0.05, 0) is 56.5 Å². The lowest BCUT2D eigenvalue weighted by atomic mass is 10.2. The molecule has 2 bridgehead atoms. The fourth-order valence-electron chi connectivity index (χ4n) is 5.59. The summed E-state index contributed by atoms with van der Waals surface area (Å²) in [6.45, 7) is 7.30. The highest BCUT2D eigenvalue weighted by Crippen LogP contribution is 2.31. The lowest BCUT2D eigenvalue weighted by molar-refractivity contribution is -0.119. The van der Waals surface area contributed by atoms with E-state index in [9.17, 15) is 9.18 Å². The maximum atomic E-state index is 14.1. The Morgan fingerprint density at radius 2 is 2.00 bits per heavy atom. The number of hydrogen-bond acceptors (Lipinski definition) is 6. The maximum absolute atomic E-state index is 14.1. The molecule has 198 valence electrons. The summed E-state index contributed by atoms with van der Waals surface area (Å²) >= 11 is 0. The molecule has 37 heavy (non-hydrogen) atoms. The van der Waals surface area contributed by atoms with Crippen LogP contribution >= 0.6 is 0 Å². The topological polar surface area (TPSA) is 77.9 Å². The van der Waals surface area contributed by atoms with E-state index >= 15 is 0 Å². The van der Waals surface area contributed by atoms with Gasteiger partial charge in [-0.15, -0.1) is 0 Å². The second kappa shape index (κ2) is 11.1. The summed E-state index contributed by atoms with van der Waals surface area (Å²) in [7, 11) is 1.44. The van der Waals surface area contributed by atoms with Crippen molar-refractivity contribution in [2.75, 3.05) is 33.5 Å². The van der Waals surface area contributed by atoms with E-state index in [0.29, 0.717) is 31.1 Å². The molecule has 8 nitrogen and oxygen atoms in total. The largest absolute Gasteiger partial charge is 0.494 e. The number of aromatic nitrogens is 2. The summed E-state index contributed by atoms with van der Waals surface area (Å²) in [5.41, 5.74) is 2.41. The van der Waals surface area contributed by atoms with Gasteiger partial charge in [-0.2, -0.15) is 0 Å². The minimum atomic E-state index is -0.429. The van der Waals surface area contributed by atoms with Gasteiger partial charge in [-0.3, -0.25) is 9.69 Å². The van der Waals surface area contributed by atoms with E-state index in [-0.39, 0.29) is 17.7 Å². The van der Waals surface area contributed by atoms with Crippen LogP contribution < -0.4 is 14.8 Å². The van der Waals surface area contributed by atoms with E-state index in [1.165, 1.54) is 32.9 Å². The van der Waals surface area contributed by atoms with Crippen LogP contribution in [0.3, 0.4) is 0 Å². The predicted octanol–water partition coefficient (Wildman–Crippen LogP) is 4.01. The molecule has 1 amide bonds. The number of hydrogen-bond donors (Lipinski definition) is 1. The molecule has 2 aliphatic rings. The van der Waals surface area contributed by atoms with E-state index in [0.717, 1.165) is 48.5 Å². The molecule has 1 aromatic heterocycles. The third-order valence-electron chi connectivity index (χ3n) is 7.26. The van der Waals surface area contributed by atoms with Crippen molar-refractivity contribution in [1.82, 2.24) is 19.8 Å². The van der Waals surface area contributed by atoms with Crippen molar-refractivity contribution in [2.24, 2.45) is 0 Å². The number of halogens is 1. The van der Waals surface area contributed by atoms with Crippen LogP contribution in [0, 0.1) is 5.82 Å². The Labute approximate surface area is 216 Å². The Balaban J connectivity index is 1.34. The maximum Gasteiger partial charge on any atom is 0.217 e. The fourth-order valence-corrected chi connectivity index (χ4v) is 5.59. The molecule has 0 radical (unpaired) electrons. The molecule has 1 unspecified atom stereocenters. The van der Waals surface area contributed by atoms with Gasteiger partial charge in [-0.25, -0.2) is 9.37 Å². The highest BCUT2D eigenvalue weighted by Gasteiger charge is 2.36. The number of benzene rings is 2. The molecular formula is C28H35FN4O4. The molecule has 2 fully saturated rings. The second-order valence-corrected chi connectivity index (χ2v) is 10.0. The van der Waals surface area contributed by atoms with Gasteiger partial charge in [-0.1, -0.05) is 0 Å². The second-order valence-electron chi connectivity index (χ2n) is 10.0. The van der Waals surface area contributed by atoms with Crippen LogP contribution in [0.2, 0.25) is 0 Å². The number of amides is 1. The number of imidazole rings is 1. The number of nitrogens with one attached hydrogen (secondary N) is 1. The van der Waals surface area contributed by atoms with Crippen molar-refractivity contribution in [2.45, 2.75) is 57.8 Å². The first-order valence-electron chi connectivity index (χ1n) is 13.0. The Kier molecular flexibility index (Phi) is 7.62. The van der Waals surface area contributed by atoms with Crippen molar-refractivity contribution >= 4 is 16.9 Å². The lowest BCUT2D eigenvalue weighted by Crippen LogP contribution is -2.46. The first kappa shape index (κ1) is 25.5. The predicted molar refractivity (Wildman–Crippen MR) is 139 cm³/mol. The normalized spacial score (nSPS) is 20.2. The van der Waals surface area contributed by atoms with Gasteiger partial charge in [0.15, 0.2) is 11.6 Å². The van der Waals surface area contributed by atoms with Crippen LogP contribution in [0.25, 0.3) is 22.4 Å². The molecule has 5 rings (SSSR count). The average molecular weight is 511 g/mol. The van der Waals surface area contributed by atoms with E-state index in [2.05, 4.69) is 10.2 Å². The highest BCUT2D eigenvalue weighted by molar-refractivity contribution is 5.82. The van der Waals surface area contributed by atoms with Gasteiger partial charge in [0, 0.05) is 49.8 Å². The van der Waals surface area contributed by atoms with Gasteiger partial charge in [0.2, 0.25) is 5.91 Å². The monoisotopic (exact) mass is 510 g/mol. The molecule has 2 saturated heterocycles. The van der Waals surface area contributed by atoms with Crippen molar-refractivity contribution in [3.63, 3.8) is 0 Å². The van der Waals surface area contributed by atoms with Gasteiger partial charge in [0.25, 0.3) is 0 Å². The highest BCUT2D eigenvalue weighted by atomic mass is 19.1. The quantitative estimate of drug-likeness (QED) is 0.416. The average Bonchev–Trinajstić information content (AvgIpc) is 3.32. The van der Waals surface area contributed by atoms with Gasteiger partial charge < -0.3 is 24.1 Å². The van der Waals surface area contributed by atoms with Crippen molar-refractivity contribution in [3.05, 3.63) is 42.2 Å². The van der Waals surface area contributed by atoms with Crippen LogP contribution in [0.5, 0.6) is 11.5 Å². The molecule has 2 aliphatic heterocycles. The standard InChI is InChI=1S/C28H35FN4O4/c1-18(30-19(2)34)15-33-26-10-8-23(37-12-4-11-32-21-6-7-22(32)17-36-16-21)14-25(26)31-28(33)20-5-9-24(29)27(13-20)35-3/h5,8-10,13-14,18,21-22H,4,6-7,11-12,15-17H2,1-3H3,(H,30,34)/t18?,21-,22+. The van der Waals surface area contributed by atoms with Gasteiger partial charge in [0.1, 0.15) is 11.6 Å². The zero-order chi connectivity index (χ0) is 25.9. The molecule has 0 saturated carbocycles. The molecule has 2 aromatic carbocycles. The minimum absolute atomic E-state index is 0.0947. The fraction of sp³-hybridized carbons (Fsp3) is 0.500. The van der Waals surface area contributed by atoms with E-state index in [1.807, 2.05) is 29.7 Å². The number of methoxy groups -OCH3 is 1. The summed E-state index contributed by atoms with van der Waals surface area (Å²) in [5.74, 6) is 1.07. The van der Waals surface area contributed by atoms with Crippen LogP contribution in [0.15, 0.2) is 36.4 Å². The molecule has 1 N–H and O–H groups in total. The number of nitrogens with zero attached hydrogens (tertiary/aromatic N) is 3. The van der Waals surface area contributed by atoms with E-state index in [1.54, 1.807) is 12.1 Å². The third-order valence-corrected chi connectivity index (χ3v) is 7.26. The zero-order valence-electron chi connectivity index (χ0n) is 21.7. The number of rotatable bonds is 10. The molecule has 9 heteroatoms. The molecule has 3 aromatic rings. The Morgan fingerprint density at radius 1 is 1.22 bits per heavy atom. The van der Waals surface area contributed by atoms with Gasteiger partial charge in [0.05, 0.1) is 38.0 Å². The minimum Gasteiger partial charge on any atom is -0.494 e. The van der Waals surface area contributed by atoms with Gasteiger partial charge >= 0.3 is 0 Å². The Hall–Kier alpha value is -3.17. The van der Waals surface area contributed by atoms with E-state index < -0.39 is 5.82 Å². The van der Waals surface area contributed by atoms with Crippen molar-refractivity contribution < 1.29 is 23.4 Å². The number of fused-ring (bicyclic) bond motifs is 3. The zero-order valence-corrected chi connectivity index (χ0v) is 21.7. The first-order valence-corrected chi connectivity index (χ1v) is 13.0. The van der Waals surface area contributed by atoms with Crippen LogP contribution in [0.1, 0.15) is 33.1 Å². The van der Waals surface area contributed by atoms with Crippen LogP contribution in [-0.4, -0.2) is 72.0 Å². The van der Waals surface area contributed by atoms with Crippen LogP contribution in [-0.2, 0) is 16.1 Å². The molecular weight excluding hydrogens is 475 g/mol.